The van der Waals surface area contributed by atoms with E-state index in [0.29, 0.717) is 19.3 Å². The first kappa shape index (κ1) is 14.9. The molecule has 0 amide bonds. The van der Waals surface area contributed by atoms with Crippen LogP contribution < -0.4 is 0 Å². The molecule has 1 N–H and O–H groups in total. The molecule has 0 fully saturated rings. The highest BCUT2D eigenvalue weighted by Crippen LogP contribution is 2.22. The molecule has 0 aromatic heterocycles. The summed E-state index contributed by atoms with van der Waals surface area (Å²) in [6.07, 6.45) is 2.21. The minimum atomic E-state index is -2.93. The second kappa shape index (κ2) is 5.82. The van der Waals surface area contributed by atoms with Crippen molar-refractivity contribution >= 4 is 9.84 Å². The summed E-state index contributed by atoms with van der Waals surface area (Å²) >= 11 is 0. The number of sulfone groups is 1. The smallest absolute Gasteiger partial charge is 0.147 e. The van der Waals surface area contributed by atoms with E-state index < -0.39 is 21.5 Å². The van der Waals surface area contributed by atoms with Crippen molar-refractivity contribution in [2.24, 2.45) is 0 Å². The molecule has 0 spiro atoms. The SMILES string of the molecule is CCC(C)(OC)C(O)CCCS(C)(=O)=O. The molecule has 5 heteroatoms. The average Bonchev–Trinajstić information content (AvgIpc) is 2.14. The number of aliphatic hydroxyl groups excluding tert-OH is 1. The molecule has 2 unspecified atom stereocenters. The van der Waals surface area contributed by atoms with Gasteiger partial charge in [0.15, 0.2) is 0 Å². The van der Waals surface area contributed by atoms with E-state index in [-0.39, 0.29) is 5.75 Å². The lowest BCUT2D eigenvalue weighted by Crippen LogP contribution is -2.40. The largest absolute Gasteiger partial charge is 0.390 e. The molecule has 0 aromatic rings. The number of ether oxygens (including phenoxy) is 1. The minimum absolute atomic E-state index is 0.119. The van der Waals surface area contributed by atoms with Gasteiger partial charge in [0.25, 0.3) is 0 Å². The summed E-state index contributed by atoms with van der Waals surface area (Å²) < 4.78 is 27.0. The van der Waals surface area contributed by atoms with E-state index in [4.69, 9.17) is 4.74 Å². The molecule has 0 saturated heterocycles. The molecule has 15 heavy (non-hydrogen) atoms. The topological polar surface area (TPSA) is 63.6 Å². The van der Waals surface area contributed by atoms with Crippen LogP contribution in [0.1, 0.15) is 33.1 Å². The third-order valence-corrected chi connectivity index (χ3v) is 3.90. The van der Waals surface area contributed by atoms with Crippen LogP contribution in [-0.2, 0) is 14.6 Å². The molecule has 0 aromatic carbocycles. The van der Waals surface area contributed by atoms with E-state index in [1.165, 1.54) is 6.26 Å². The van der Waals surface area contributed by atoms with Gasteiger partial charge < -0.3 is 9.84 Å². The highest BCUT2D eigenvalue weighted by Gasteiger charge is 2.30. The van der Waals surface area contributed by atoms with E-state index in [9.17, 15) is 13.5 Å². The molecule has 4 nitrogen and oxygen atoms in total. The van der Waals surface area contributed by atoms with E-state index in [1.54, 1.807) is 7.11 Å². The minimum Gasteiger partial charge on any atom is -0.390 e. The van der Waals surface area contributed by atoms with Gasteiger partial charge in [-0.1, -0.05) is 6.92 Å². The summed E-state index contributed by atoms with van der Waals surface area (Å²) in [4.78, 5) is 0. The molecule has 0 aliphatic rings. The highest BCUT2D eigenvalue weighted by molar-refractivity contribution is 7.90. The Balaban J connectivity index is 4.08. The van der Waals surface area contributed by atoms with Gasteiger partial charge in [0.2, 0.25) is 0 Å². The lowest BCUT2D eigenvalue weighted by Gasteiger charge is -2.32. The Kier molecular flexibility index (Phi) is 5.77. The highest BCUT2D eigenvalue weighted by atomic mass is 32.2. The predicted molar refractivity (Wildman–Crippen MR) is 60.7 cm³/mol. The summed E-state index contributed by atoms with van der Waals surface area (Å²) in [6, 6.07) is 0. The number of hydrogen-bond acceptors (Lipinski definition) is 4. The Hall–Kier alpha value is -0.130. The van der Waals surface area contributed by atoms with Crippen LogP contribution in [0.2, 0.25) is 0 Å². The summed E-state index contributed by atoms with van der Waals surface area (Å²) in [6.45, 7) is 3.77. The van der Waals surface area contributed by atoms with Crippen molar-refractivity contribution in [3.63, 3.8) is 0 Å². The van der Waals surface area contributed by atoms with Crippen molar-refractivity contribution in [3.05, 3.63) is 0 Å². The Labute approximate surface area is 92.6 Å². The van der Waals surface area contributed by atoms with Crippen molar-refractivity contribution in [1.82, 2.24) is 0 Å². The summed E-state index contributed by atoms with van der Waals surface area (Å²) in [7, 11) is -1.37. The molecule has 0 saturated carbocycles. The molecule has 0 bridgehead atoms. The number of rotatable bonds is 7. The maximum Gasteiger partial charge on any atom is 0.147 e. The summed E-state index contributed by atoms with van der Waals surface area (Å²) in [5.74, 6) is 0.119. The lowest BCUT2D eigenvalue weighted by atomic mass is 9.92. The van der Waals surface area contributed by atoms with Gasteiger partial charge in [-0.15, -0.1) is 0 Å². The van der Waals surface area contributed by atoms with Crippen LogP contribution in [0.3, 0.4) is 0 Å². The van der Waals surface area contributed by atoms with Crippen LogP contribution in [0, 0.1) is 0 Å². The van der Waals surface area contributed by atoms with Gasteiger partial charge >= 0.3 is 0 Å². The third-order valence-electron chi connectivity index (χ3n) is 2.87. The quantitative estimate of drug-likeness (QED) is 0.718. The third kappa shape index (κ3) is 5.49. The maximum atomic E-state index is 10.9. The fourth-order valence-corrected chi connectivity index (χ4v) is 2.05. The van der Waals surface area contributed by atoms with E-state index in [0.717, 1.165) is 0 Å². The molecular weight excluding hydrogens is 216 g/mol. The molecule has 0 rings (SSSR count). The van der Waals surface area contributed by atoms with Gasteiger partial charge in [-0.2, -0.15) is 0 Å². The monoisotopic (exact) mass is 238 g/mol. The molecule has 92 valence electrons. The second-order valence-electron chi connectivity index (χ2n) is 4.16. The first-order chi connectivity index (χ1) is 6.75. The molecule has 2 atom stereocenters. The van der Waals surface area contributed by atoms with Gasteiger partial charge in [0.1, 0.15) is 9.84 Å². The van der Waals surface area contributed by atoms with E-state index in [2.05, 4.69) is 0 Å². The van der Waals surface area contributed by atoms with Crippen molar-refractivity contribution in [3.8, 4) is 0 Å². The zero-order valence-corrected chi connectivity index (χ0v) is 10.8. The van der Waals surface area contributed by atoms with Crippen LogP contribution >= 0.6 is 0 Å². The van der Waals surface area contributed by atoms with Gasteiger partial charge in [0, 0.05) is 19.1 Å². The van der Waals surface area contributed by atoms with Gasteiger partial charge in [-0.25, -0.2) is 8.42 Å². The molecule has 0 radical (unpaired) electrons. The number of methoxy groups -OCH3 is 1. The van der Waals surface area contributed by atoms with Crippen molar-refractivity contribution in [2.45, 2.75) is 44.8 Å². The zero-order valence-electron chi connectivity index (χ0n) is 9.99. The Morgan fingerprint density at radius 2 is 2.00 bits per heavy atom. The first-order valence-electron chi connectivity index (χ1n) is 5.16. The number of aliphatic hydroxyl groups is 1. The molecule has 0 aliphatic carbocycles. The maximum absolute atomic E-state index is 10.9. The van der Waals surface area contributed by atoms with Crippen molar-refractivity contribution in [2.75, 3.05) is 19.1 Å². The van der Waals surface area contributed by atoms with Crippen LogP contribution in [-0.4, -0.2) is 44.3 Å². The van der Waals surface area contributed by atoms with Crippen molar-refractivity contribution in [1.29, 1.82) is 0 Å². The standard InChI is InChI=1S/C10H22O4S/c1-5-10(2,14-3)9(11)7-6-8-15(4,12)13/h9,11H,5-8H2,1-4H3. The summed E-state index contributed by atoms with van der Waals surface area (Å²) in [5.41, 5.74) is -0.572. The molecule has 0 heterocycles. The van der Waals surface area contributed by atoms with Gasteiger partial charge in [0.05, 0.1) is 11.7 Å². The zero-order chi connectivity index (χ0) is 12.1. The second-order valence-corrected chi connectivity index (χ2v) is 6.42. The normalized spacial score (nSPS) is 18.5. The van der Waals surface area contributed by atoms with Crippen LogP contribution in [0.5, 0.6) is 0 Å². The van der Waals surface area contributed by atoms with Crippen LogP contribution in [0.15, 0.2) is 0 Å². The molecular formula is C10H22O4S. The fourth-order valence-electron chi connectivity index (χ4n) is 1.36. The fraction of sp³-hybridized carbons (Fsp3) is 1.00. The van der Waals surface area contributed by atoms with Gasteiger partial charge in [-0.3, -0.25) is 0 Å². The van der Waals surface area contributed by atoms with E-state index >= 15 is 0 Å². The lowest BCUT2D eigenvalue weighted by molar-refractivity contribution is -0.0948. The van der Waals surface area contributed by atoms with Crippen LogP contribution in [0.25, 0.3) is 0 Å². The van der Waals surface area contributed by atoms with Crippen LogP contribution in [0.4, 0.5) is 0 Å². The van der Waals surface area contributed by atoms with Gasteiger partial charge in [-0.05, 0) is 26.2 Å². The first-order valence-corrected chi connectivity index (χ1v) is 7.22. The Morgan fingerprint density at radius 1 is 1.47 bits per heavy atom. The Bertz CT molecular complexity index is 267. The Morgan fingerprint density at radius 3 is 2.33 bits per heavy atom. The van der Waals surface area contributed by atoms with Crippen molar-refractivity contribution < 1.29 is 18.3 Å². The predicted octanol–water partition coefficient (Wildman–Crippen LogP) is 0.987. The average molecular weight is 238 g/mol. The molecule has 0 aliphatic heterocycles. The summed E-state index contributed by atoms with van der Waals surface area (Å²) in [5, 5.41) is 9.85. The van der Waals surface area contributed by atoms with E-state index in [1.807, 2.05) is 13.8 Å². The number of hydrogen-bond donors (Lipinski definition) is 1.